The van der Waals surface area contributed by atoms with Gasteiger partial charge in [0.1, 0.15) is 5.82 Å². The van der Waals surface area contributed by atoms with Gasteiger partial charge >= 0.3 is 0 Å². The number of nitrogens with zero attached hydrogens (tertiary/aromatic N) is 4. The van der Waals surface area contributed by atoms with Crippen LogP contribution in [0.3, 0.4) is 0 Å². The molecule has 1 aromatic carbocycles. The number of para-hydroxylation sites is 1. The van der Waals surface area contributed by atoms with Crippen molar-refractivity contribution in [2.24, 2.45) is 0 Å². The second kappa shape index (κ2) is 6.84. The molecular weight excluding hydrogens is 312 g/mol. The number of likely N-dealkylation sites (N-methyl/N-ethyl adjacent to an activating group) is 1. The number of aromatic nitrogens is 1. The number of hydrogen-bond acceptors (Lipinski definition) is 4. The average molecular weight is 336 g/mol. The molecule has 0 bridgehead atoms. The predicted octanol–water partition coefficient (Wildman–Crippen LogP) is 2.55. The molecule has 0 radical (unpaired) electrons. The maximum Gasteiger partial charge on any atom is 0.257 e. The Morgan fingerprint density at radius 1 is 1.00 bits per heavy atom. The fraction of sp³-hybridized carbons (Fsp3) is 0.400. The van der Waals surface area contributed by atoms with E-state index in [9.17, 15) is 4.79 Å². The van der Waals surface area contributed by atoms with Gasteiger partial charge in [0.05, 0.1) is 5.56 Å². The predicted molar refractivity (Wildman–Crippen MR) is 99.4 cm³/mol. The number of carbonyl (C=O) groups excluding carboxylic acids is 1. The lowest BCUT2D eigenvalue weighted by molar-refractivity contribution is 0.0664. The second-order valence-electron chi connectivity index (χ2n) is 6.85. The van der Waals surface area contributed by atoms with E-state index in [1.54, 1.807) is 6.20 Å². The van der Waals surface area contributed by atoms with E-state index in [2.05, 4.69) is 46.1 Å². The Morgan fingerprint density at radius 3 is 2.64 bits per heavy atom. The van der Waals surface area contributed by atoms with Crippen LogP contribution in [0.5, 0.6) is 0 Å². The summed E-state index contributed by atoms with van der Waals surface area (Å²) in [6.45, 7) is 4.30. The standard InChI is InChI=1S/C20H24N4O/c1-22-12-14-23(15-13-22)20(25)17-8-4-10-21-19(17)24-11-5-7-16-6-2-3-9-18(16)24/h2-4,6,8-10H,5,7,11-15H2,1H3. The van der Waals surface area contributed by atoms with Crippen molar-refractivity contribution in [3.05, 3.63) is 53.7 Å². The van der Waals surface area contributed by atoms with Crippen molar-refractivity contribution in [1.29, 1.82) is 0 Å². The molecule has 130 valence electrons. The van der Waals surface area contributed by atoms with Gasteiger partial charge in [0.25, 0.3) is 5.91 Å². The fourth-order valence-electron chi connectivity index (χ4n) is 3.71. The van der Waals surface area contributed by atoms with Crippen LogP contribution in [0, 0.1) is 0 Å². The van der Waals surface area contributed by atoms with Crippen LogP contribution in [0.4, 0.5) is 11.5 Å². The molecule has 1 aromatic heterocycles. The first kappa shape index (κ1) is 16.1. The van der Waals surface area contributed by atoms with Gasteiger partial charge in [0.2, 0.25) is 0 Å². The summed E-state index contributed by atoms with van der Waals surface area (Å²) in [5, 5.41) is 0. The van der Waals surface area contributed by atoms with E-state index < -0.39 is 0 Å². The van der Waals surface area contributed by atoms with Gasteiger partial charge in [0, 0.05) is 44.6 Å². The van der Waals surface area contributed by atoms with Gasteiger partial charge in [-0.3, -0.25) is 4.79 Å². The molecule has 25 heavy (non-hydrogen) atoms. The molecule has 0 unspecified atom stereocenters. The van der Waals surface area contributed by atoms with Crippen LogP contribution in [0.25, 0.3) is 0 Å². The molecule has 0 spiro atoms. The number of anilines is 2. The zero-order valence-corrected chi connectivity index (χ0v) is 14.7. The van der Waals surface area contributed by atoms with E-state index in [0.717, 1.165) is 51.4 Å². The Morgan fingerprint density at radius 2 is 1.80 bits per heavy atom. The maximum atomic E-state index is 13.1. The number of aryl methyl sites for hydroxylation is 1. The third-order valence-corrected chi connectivity index (χ3v) is 5.17. The topological polar surface area (TPSA) is 39.7 Å². The Bertz CT molecular complexity index is 768. The van der Waals surface area contributed by atoms with Gasteiger partial charge in [-0.1, -0.05) is 18.2 Å². The van der Waals surface area contributed by atoms with Crippen molar-refractivity contribution in [1.82, 2.24) is 14.8 Å². The molecule has 0 N–H and O–H groups in total. The molecule has 1 amide bonds. The third kappa shape index (κ3) is 3.12. The number of amides is 1. The second-order valence-corrected chi connectivity index (χ2v) is 6.85. The number of hydrogen-bond donors (Lipinski definition) is 0. The first-order valence-corrected chi connectivity index (χ1v) is 9.02. The van der Waals surface area contributed by atoms with E-state index in [0.29, 0.717) is 5.56 Å². The summed E-state index contributed by atoms with van der Waals surface area (Å²) < 4.78 is 0. The Hall–Kier alpha value is -2.40. The molecule has 0 saturated carbocycles. The molecule has 5 heteroatoms. The summed E-state index contributed by atoms with van der Waals surface area (Å²) in [7, 11) is 2.10. The third-order valence-electron chi connectivity index (χ3n) is 5.17. The first-order chi connectivity index (χ1) is 12.2. The highest BCUT2D eigenvalue weighted by molar-refractivity contribution is 5.99. The molecule has 0 aliphatic carbocycles. The number of carbonyl (C=O) groups is 1. The summed E-state index contributed by atoms with van der Waals surface area (Å²) in [5.41, 5.74) is 3.22. The zero-order valence-electron chi connectivity index (χ0n) is 14.7. The zero-order chi connectivity index (χ0) is 17.2. The molecule has 2 aliphatic rings. The molecular formula is C20H24N4O. The smallest absolute Gasteiger partial charge is 0.257 e. The van der Waals surface area contributed by atoms with Crippen LogP contribution >= 0.6 is 0 Å². The van der Waals surface area contributed by atoms with Gasteiger partial charge < -0.3 is 14.7 Å². The highest BCUT2D eigenvalue weighted by Crippen LogP contribution is 2.34. The minimum Gasteiger partial charge on any atom is -0.336 e. The van der Waals surface area contributed by atoms with E-state index in [1.165, 1.54) is 11.3 Å². The van der Waals surface area contributed by atoms with Crippen molar-refractivity contribution in [3.8, 4) is 0 Å². The summed E-state index contributed by atoms with van der Waals surface area (Å²) in [6, 6.07) is 12.2. The van der Waals surface area contributed by atoms with Crippen LogP contribution in [-0.4, -0.2) is 60.5 Å². The number of fused-ring (bicyclic) bond motifs is 1. The van der Waals surface area contributed by atoms with E-state index in [1.807, 2.05) is 17.0 Å². The minimum absolute atomic E-state index is 0.0965. The lowest BCUT2D eigenvalue weighted by Crippen LogP contribution is -2.47. The fourth-order valence-corrected chi connectivity index (χ4v) is 3.71. The van der Waals surface area contributed by atoms with Crippen molar-refractivity contribution < 1.29 is 4.79 Å². The monoisotopic (exact) mass is 336 g/mol. The van der Waals surface area contributed by atoms with E-state index >= 15 is 0 Å². The normalized spacial score (nSPS) is 18.1. The average Bonchev–Trinajstić information content (AvgIpc) is 2.67. The van der Waals surface area contributed by atoms with Crippen LogP contribution in [-0.2, 0) is 6.42 Å². The lowest BCUT2D eigenvalue weighted by Gasteiger charge is -2.35. The summed E-state index contributed by atoms with van der Waals surface area (Å²) >= 11 is 0. The molecule has 5 nitrogen and oxygen atoms in total. The lowest BCUT2D eigenvalue weighted by atomic mass is 10.0. The first-order valence-electron chi connectivity index (χ1n) is 9.02. The molecule has 4 rings (SSSR count). The molecule has 1 fully saturated rings. The summed E-state index contributed by atoms with van der Waals surface area (Å²) in [6.07, 6.45) is 3.95. The summed E-state index contributed by atoms with van der Waals surface area (Å²) in [4.78, 5) is 24.1. The number of benzene rings is 1. The largest absolute Gasteiger partial charge is 0.336 e. The Balaban J connectivity index is 1.67. The number of rotatable bonds is 2. The van der Waals surface area contributed by atoms with Crippen LogP contribution < -0.4 is 4.90 Å². The highest BCUT2D eigenvalue weighted by Gasteiger charge is 2.27. The maximum absolute atomic E-state index is 13.1. The molecule has 2 aromatic rings. The van der Waals surface area contributed by atoms with Gasteiger partial charge in [-0.2, -0.15) is 0 Å². The van der Waals surface area contributed by atoms with Gasteiger partial charge in [-0.15, -0.1) is 0 Å². The van der Waals surface area contributed by atoms with Gasteiger partial charge in [-0.05, 0) is 43.7 Å². The SMILES string of the molecule is CN1CCN(C(=O)c2cccnc2N2CCCc3ccccc32)CC1. The van der Waals surface area contributed by atoms with Crippen molar-refractivity contribution in [2.75, 3.05) is 44.7 Å². The molecule has 3 heterocycles. The van der Waals surface area contributed by atoms with E-state index in [4.69, 9.17) is 0 Å². The van der Waals surface area contributed by atoms with Crippen molar-refractivity contribution in [2.45, 2.75) is 12.8 Å². The minimum atomic E-state index is 0.0965. The Kier molecular flexibility index (Phi) is 4.40. The number of piperazine rings is 1. The molecule has 2 aliphatic heterocycles. The number of pyridine rings is 1. The van der Waals surface area contributed by atoms with Gasteiger partial charge in [0.15, 0.2) is 0 Å². The molecule has 0 atom stereocenters. The van der Waals surface area contributed by atoms with Crippen LogP contribution in [0.15, 0.2) is 42.6 Å². The van der Waals surface area contributed by atoms with Crippen LogP contribution in [0.2, 0.25) is 0 Å². The molecule has 1 saturated heterocycles. The summed E-state index contributed by atoms with van der Waals surface area (Å²) in [5.74, 6) is 0.887. The van der Waals surface area contributed by atoms with E-state index in [-0.39, 0.29) is 5.91 Å². The quantitative estimate of drug-likeness (QED) is 0.845. The van der Waals surface area contributed by atoms with Crippen molar-refractivity contribution >= 4 is 17.4 Å². The van der Waals surface area contributed by atoms with Crippen molar-refractivity contribution in [3.63, 3.8) is 0 Å². The highest BCUT2D eigenvalue weighted by atomic mass is 16.2. The van der Waals surface area contributed by atoms with Gasteiger partial charge in [-0.25, -0.2) is 4.98 Å². The van der Waals surface area contributed by atoms with Crippen LogP contribution in [0.1, 0.15) is 22.3 Å². The Labute approximate surface area is 148 Å².